The first-order valence-corrected chi connectivity index (χ1v) is 6.00. The molecule has 1 rings (SSSR count). The van der Waals surface area contributed by atoms with Crippen molar-refractivity contribution in [2.75, 3.05) is 13.2 Å². The maximum Gasteiger partial charge on any atom is 0.330 e. The number of hydrogen-bond donors (Lipinski definition) is 0. The fourth-order valence-corrected chi connectivity index (χ4v) is 2.16. The summed E-state index contributed by atoms with van der Waals surface area (Å²) in [5, 5.41) is 0. The van der Waals surface area contributed by atoms with E-state index in [1.807, 2.05) is 6.92 Å². The Hall–Kier alpha value is -1.58. The second-order valence-corrected chi connectivity index (χ2v) is 5.27. The summed E-state index contributed by atoms with van der Waals surface area (Å²) in [6, 6.07) is 0. The van der Waals surface area contributed by atoms with Crippen LogP contribution < -0.4 is 0 Å². The highest BCUT2D eigenvalue weighted by molar-refractivity contribution is 5.95. The predicted molar refractivity (Wildman–Crippen MR) is 67.8 cm³/mol. The van der Waals surface area contributed by atoms with Gasteiger partial charge in [0.2, 0.25) is 0 Å². The molecule has 0 aromatic heterocycles. The Labute approximate surface area is 108 Å². The Bertz CT molecular complexity index is 391. The highest BCUT2D eigenvalue weighted by atomic mass is 16.6. The van der Waals surface area contributed by atoms with E-state index < -0.39 is 5.97 Å². The minimum atomic E-state index is -0.486. The van der Waals surface area contributed by atoms with E-state index in [9.17, 15) is 9.59 Å². The summed E-state index contributed by atoms with van der Waals surface area (Å²) >= 11 is 0. The SMILES string of the molecule is C=CC(=O)OCCOC1=C(C)CC(C)(C)CC1=O. The van der Waals surface area contributed by atoms with Crippen LogP contribution in [0.15, 0.2) is 24.0 Å². The van der Waals surface area contributed by atoms with Gasteiger partial charge in [-0.15, -0.1) is 0 Å². The topological polar surface area (TPSA) is 52.6 Å². The van der Waals surface area contributed by atoms with E-state index in [0.29, 0.717) is 12.2 Å². The Morgan fingerprint density at radius 3 is 2.61 bits per heavy atom. The molecule has 0 aromatic carbocycles. The summed E-state index contributed by atoms with van der Waals surface area (Å²) < 4.78 is 10.2. The highest BCUT2D eigenvalue weighted by Gasteiger charge is 2.32. The Morgan fingerprint density at radius 2 is 2.06 bits per heavy atom. The van der Waals surface area contributed by atoms with Crippen LogP contribution in [0.4, 0.5) is 0 Å². The average Bonchev–Trinajstić information content (AvgIpc) is 2.25. The number of ketones is 1. The second kappa shape index (κ2) is 5.85. The largest absolute Gasteiger partial charge is 0.486 e. The first-order chi connectivity index (χ1) is 8.35. The molecule has 18 heavy (non-hydrogen) atoms. The van der Waals surface area contributed by atoms with Gasteiger partial charge < -0.3 is 9.47 Å². The molecule has 0 unspecified atom stereocenters. The van der Waals surface area contributed by atoms with Gasteiger partial charge in [0.05, 0.1) is 0 Å². The molecule has 0 bridgehead atoms. The Kier molecular flexibility index (Phi) is 4.70. The summed E-state index contributed by atoms with van der Waals surface area (Å²) in [5.74, 6) is -0.0248. The van der Waals surface area contributed by atoms with Crippen molar-refractivity contribution >= 4 is 11.8 Å². The van der Waals surface area contributed by atoms with Crippen molar-refractivity contribution in [3.05, 3.63) is 24.0 Å². The lowest BCUT2D eigenvalue weighted by molar-refractivity contribution is -0.139. The minimum absolute atomic E-state index is 0.00331. The molecule has 0 fully saturated rings. The molecule has 0 radical (unpaired) electrons. The second-order valence-electron chi connectivity index (χ2n) is 5.27. The fraction of sp³-hybridized carbons (Fsp3) is 0.571. The maximum absolute atomic E-state index is 11.9. The van der Waals surface area contributed by atoms with Crippen LogP contribution in [0.5, 0.6) is 0 Å². The van der Waals surface area contributed by atoms with Gasteiger partial charge in [0.1, 0.15) is 13.2 Å². The van der Waals surface area contributed by atoms with E-state index in [-0.39, 0.29) is 24.4 Å². The summed E-state index contributed by atoms with van der Waals surface area (Å²) in [4.78, 5) is 22.7. The third-order valence-corrected chi connectivity index (χ3v) is 2.76. The smallest absolute Gasteiger partial charge is 0.330 e. The van der Waals surface area contributed by atoms with E-state index in [2.05, 4.69) is 20.4 Å². The zero-order valence-corrected chi connectivity index (χ0v) is 11.2. The molecule has 4 heteroatoms. The lowest BCUT2D eigenvalue weighted by atomic mass is 9.76. The number of ether oxygens (including phenoxy) is 2. The molecule has 4 nitrogen and oxygen atoms in total. The third kappa shape index (κ3) is 4.02. The zero-order chi connectivity index (χ0) is 13.8. The van der Waals surface area contributed by atoms with Gasteiger partial charge in [0.15, 0.2) is 11.5 Å². The summed E-state index contributed by atoms with van der Waals surface area (Å²) in [6.07, 6.45) is 2.44. The number of esters is 1. The van der Waals surface area contributed by atoms with Gasteiger partial charge in [-0.25, -0.2) is 4.79 Å². The molecule has 0 aliphatic heterocycles. The van der Waals surface area contributed by atoms with Crippen molar-refractivity contribution in [3.63, 3.8) is 0 Å². The fourth-order valence-electron chi connectivity index (χ4n) is 2.16. The van der Waals surface area contributed by atoms with E-state index in [1.54, 1.807) is 0 Å². The Morgan fingerprint density at radius 1 is 1.39 bits per heavy atom. The predicted octanol–water partition coefficient (Wildman–Crippen LogP) is 2.40. The molecule has 1 aliphatic rings. The van der Waals surface area contributed by atoms with Gasteiger partial charge in [0.25, 0.3) is 0 Å². The number of carbonyl (C=O) groups excluding carboxylic acids is 2. The number of carbonyl (C=O) groups is 2. The van der Waals surface area contributed by atoms with Crippen molar-refractivity contribution < 1.29 is 19.1 Å². The van der Waals surface area contributed by atoms with Crippen LogP contribution >= 0.6 is 0 Å². The van der Waals surface area contributed by atoms with Crippen molar-refractivity contribution in [1.82, 2.24) is 0 Å². The normalized spacial score (nSPS) is 18.5. The molecule has 0 aromatic rings. The van der Waals surface area contributed by atoms with E-state index in [4.69, 9.17) is 9.47 Å². The molecule has 0 N–H and O–H groups in total. The number of rotatable bonds is 5. The molecular weight excluding hydrogens is 232 g/mol. The van der Waals surface area contributed by atoms with Crippen LogP contribution in [0.1, 0.15) is 33.6 Å². The van der Waals surface area contributed by atoms with Gasteiger partial charge >= 0.3 is 5.97 Å². The van der Waals surface area contributed by atoms with E-state index >= 15 is 0 Å². The molecule has 0 saturated heterocycles. The van der Waals surface area contributed by atoms with Gasteiger partial charge in [-0.2, -0.15) is 0 Å². The van der Waals surface area contributed by atoms with Crippen molar-refractivity contribution in [3.8, 4) is 0 Å². The minimum Gasteiger partial charge on any atom is -0.486 e. The maximum atomic E-state index is 11.9. The molecule has 0 atom stereocenters. The molecule has 0 heterocycles. The van der Waals surface area contributed by atoms with E-state index in [1.165, 1.54) is 0 Å². The van der Waals surface area contributed by atoms with Crippen LogP contribution in [0, 0.1) is 5.41 Å². The van der Waals surface area contributed by atoms with Crippen LogP contribution in [0.25, 0.3) is 0 Å². The third-order valence-electron chi connectivity index (χ3n) is 2.76. The summed E-state index contributed by atoms with van der Waals surface area (Å²) in [7, 11) is 0. The van der Waals surface area contributed by atoms with Crippen LogP contribution in [0.3, 0.4) is 0 Å². The van der Waals surface area contributed by atoms with Gasteiger partial charge in [-0.1, -0.05) is 20.4 Å². The Balaban J connectivity index is 2.49. The lowest BCUT2D eigenvalue weighted by Gasteiger charge is -2.30. The molecule has 0 amide bonds. The molecule has 100 valence electrons. The van der Waals surface area contributed by atoms with Crippen molar-refractivity contribution in [1.29, 1.82) is 0 Å². The standard InChI is InChI=1S/C14H20O4/c1-5-12(16)17-6-7-18-13-10(2)8-14(3,4)9-11(13)15/h5H,1,6-9H2,2-4H3. The van der Waals surface area contributed by atoms with Crippen LogP contribution in [-0.4, -0.2) is 25.0 Å². The summed E-state index contributed by atoms with van der Waals surface area (Å²) in [6.45, 7) is 9.65. The molecule has 1 aliphatic carbocycles. The quantitative estimate of drug-likeness (QED) is 0.428. The molecule has 0 saturated carbocycles. The first-order valence-electron chi connectivity index (χ1n) is 6.00. The average molecular weight is 252 g/mol. The number of Topliss-reactive ketones (excluding diaryl/α,β-unsaturated/α-hetero) is 1. The lowest BCUT2D eigenvalue weighted by Crippen LogP contribution is -2.26. The van der Waals surface area contributed by atoms with Crippen molar-refractivity contribution in [2.45, 2.75) is 33.6 Å². The monoisotopic (exact) mass is 252 g/mol. The van der Waals surface area contributed by atoms with Gasteiger partial charge in [-0.3, -0.25) is 4.79 Å². The first kappa shape index (κ1) is 14.5. The van der Waals surface area contributed by atoms with Crippen LogP contribution in [-0.2, 0) is 19.1 Å². The molecule has 0 spiro atoms. The number of allylic oxidation sites excluding steroid dienone is 2. The van der Waals surface area contributed by atoms with Crippen LogP contribution in [0.2, 0.25) is 0 Å². The van der Waals surface area contributed by atoms with Gasteiger partial charge in [0, 0.05) is 12.5 Å². The molecular formula is C14H20O4. The van der Waals surface area contributed by atoms with E-state index in [0.717, 1.165) is 18.1 Å². The number of hydrogen-bond acceptors (Lipinski definition) is 4. The van der Waals surface area contributed by atoms with Gasteiger partial charge in [-0.05, 0) is 24.3 Å². The highest BCUT2D eigenvalue weighted by Crippen LogP contribution is 2.36. The van der Waals surface area contributed by atoms with Crippen molar-refractivity contribution in [2.24, 2.45) is 5.41 Å². The summed E-state index contributed by atoms with van der Waals surface area (Å²) in [5.41, 5.74) is 0.967. The zero-order valence-electron chi connectivity index (χ0n) is 11.2.